The zero-order valence-corrected chi connectivity index (χ0v) is 13.2. The van der Waals surface area contributed by atoms with Crippen LogP contribution in [0.2, 0.25) is 10.0 Å². The fourth-order valence-electron chi connectivity index (χ4n) is 2.11. The second-order valence-corrected chi connectivity index (χ2v) is 7.07. The summed E-state index contributed by atoms with van der Waals surface area (Å²) in [5.41, 5.74) is 1.88. The van der Waals surface area contributed by atoms with Gasteiger partial charge in [0.05, 0.1) is 0 Å². The Labute approximate surface area is 133 Å². The van der Waals surface area contributed by atoms with E-state index in [2.05, 4.69) is 0 Å². The SMILES string of the molecule is CC(Cl)(Cl)[C@@H](c1ccc(Cl)cc1)c1ccccc1Cl. The summed E-state index contributed by atoms with van der Waals surface area (Å²) in [7, 11) is 0. The van der Waals surface area contributed by atoms with Gasteiger partial charge in [-0.2, -0.15) is 0 Å². The minimum absolute atomic E-state index is 0.221. The molecule has 4 heteroatoms. The Morgan fingerprint density at radius 2 is 1.47 bits per heavy atom. The molecule has 0 aliphatic rings. The first-order valence-corrected chi connectivity index (χ1v) is 7.28. The monoisotopic (exact) mass is 332 g/mol. The van der Waals surface area contributed by atoms with Gasteiger partial charge in [-0.05, 0) is 36.2 Å². The molecule has 2 aromatic rings. The van der Waals surface area contributed by atoms with Gasteiger partial charge in [0, 0.05) is 16.0 Å². The van der Waals surface area contributed by atoms with Crippen molar-refractivity contribution in [3.05, 3.63) is 69.7 Å². The van der Waals surface area contributed by atoms with E-state index in [9.17, 15) is 0 Å². The molecule has 2 rings (SSSR count). The van der Waals surface area contributed by atoms with E-state index in [1.807, 2.05) is 48.5 Å². The summed E-state index contributed by atoms with van der Waals surface area (Å²) in [5.74, 6) is -0.221. The lowest BCUT2D eigenvalue weighted by molar-refractivity contribution is 0.727. The Morgan fingerprint density at radius 3 is 2.00 bits per heavy atom. The lowest BCUT2D eigenvalue weighted by atomic mass is 9.88. The van der Waals surface area contributed by atoms with Crippen molar-refractivity contribution < 1.29 is 0 Å². The van der Waals surface area contributed by atoms with E-state index in [-0.39, 0.29) is 5.92 Å². The molecule has 0 aliphatic heterocycles. The summed E-state index contributed by atoms with van der Waals surface area (Å²) in [4.78, 5) is 0. The first-order valence-electron chi connectivity index (χ1n) is 5.77. The fourth-order valence-corrected chi connectivity index (χ4v) is 2.97. The second-order valence-electron chi connectivity index (χ2n) is 4.46. The van der Waals surface area contributed by atoms with Gasteiger partial charge in [0.1, 0.15) is 4.33 Å². The van der Waals surface area contributed by atoms with Crippen molar-refractivity contribution in [2.45, 2.75) is 17.2 Å². The van der Waals surface area contributed by atoms with Crippen LogP contribution in [0.15, 0.2) is 48.5 Å². The van der Waals surface area contributed by atoms with Crippen molar-refractivity contribution in [2.24, 2.45) is 0 Å². The van der Waals surface area contributed by atoms with Gasteiger partial charge in [-0.25, -0.2) is 0 Å². The highest BCUT2D eigenvalue weighted by molar-refractivity contribution is 6.49. The third-order valence-electron chi connectivity index (χ3n) is 2.93. The molecule has 0 unspecified atom stereocenters. The van der Waals surface area contributed by atoms with Crippen molar-refractivity contribution in [3.63, 3.8) is 0 Å². The summed E-state index contributed by atoms with van der Waals surface area (Å²) in [5, 5.41) is 1.32. The van der Waals surface area contributed by atoms with Gasteiger partial charge in [-0.3, -0.25) is 0 Å². The van der Waals surface area contributed by atoms with Crippen molar-refractivity contribution in [1.29, 1.82) is 0 Å². The number of hydrogen-bond acceptors (Lipinski definition) is 0. The molecular weight excluding hydrogens is 322 g/mol. The number of alkyl halides is 2. The average Bonchev–Trinajstić information content (AvgIpc) is 2.33. The van der Waals surface area contributed by atoms with Crippen LogP contribution >= 0.6 is 46.4 Å². The summed E-state index contributed by atoms with van der Waals surface area (Å²) in [6.07, 6.45) is 0. The lowest BCUT2D eigenvalue weighted by Crippen LogP contribution is -2.21. The third-order valence-corrected chi connectivity index (χ3v) is 3.96. The van der Waals surface area contributed by atoms with Gasteiger partial charge < -0.3 is 0 Å². The summed E-state index contributed by atoms with van der Waals surface area (Å²) in [6.45, 7) is 1.76. The minimum atomic E-state index is -0.973. The predicted octanol–water partition coefficient (Wildman–Crippen LogP) is 6.32. The van der Waals surface area contributed by atoms with E-state index in [0.717, 1.165) is 11.1 Å². The number of rotatable bonds is 3. The molecule has 100 valence electrons. The van der Waals surface area contributed by atoms with E-state index in [1.54, 1.807) is 6.92 Å². The first-order chi connectivity index (χ1) is 8.89. The molecule has 0 spiro atoms. The van der Waals surface area contributed by atoms with E-state index >= 15 is 0 Å². The van der Waals surface area contributed by atoms with Gasteiger partial charge in [-0.15, -0.1) is 23.2 Å². The molecule has 0 saturated heterocycles. The van der Waals surface area contributed by atoms with Crippen molar-refractivity contribution in [1.82, 2.24) is 0 Å². The summed E-state index contributed by atoms with van der Waals surface area (Å²) >= 11 is 24.9. The normalized spacial score (nSPS) is 13.3. The molecule has 2 aromatic carbocycles. The standard InChI is InChI=1S/C15H12Cl4/c1-15(18,19)14(10-6-8-11(16)9-7-10)12-4-2-3-5-13(12)17/h2-9,14H,1H3/t14-/m0/s1. The van der Waals surface area contributed by atoms with Gasteiger partial charge >= 0.3 is 0 Å². The third kappa shape index (κ3) is 3.58. The fraction of sp³-hybridized carbons (Fsp3) is 0.200. The molecule has 0 fully saturated rings. The van der Waals surface area contributed by atoms with Crippen molar-refractivity contribution >= 4 is 46.4 Å². The Bertz CT molecular complexity index is 555. The zero-order valence-electron chi connectivity index (χ0n) is 10.2. The maximum Gasteiger partial charge on any atom is 0.126 e. The minimum Gasteiger partial charge on any atom is -0.101 e. The van der Waals surface area contributed by atoms with Crippen LogP contribution in [-0.2, 0) is 0 Å². The van der Waals surface area contributed by atoms with Crippen LogP contribution in [0.25, 0.3) is 0 Å². The van der Waals surface area contributed by atoms with Crippen LogP contribution < -0.4 is 0 Å². The Hall–Kier alpha value is -0.400. The summed E-state index contributed by atoms with van der Waals surface area (Å²) in [6, 6.07) is 15.0. The van der Waals surface area contributed by atoms with E-state index in [4.69, 9.17) is 46.4 Å². The van der Waals surface area contributed by atoms with E-state index < -0.39 is 4.33 Å². The van der Waals surface area contributed by atoms with Gasteiger partial charge in [-0.1, -0.05) is 53.5 Å². The van der Waals surface area contributed by atoms with Gasteiger partial charge in [0.2, 0.25) is 0 Å². The molecule has 0 bridgehead atoms. The predicted molar refractivity (Wildman–Crippen MR) is 84.9 cm³/mol. The molecule has 0 aliphatic carbocycles. The van der Waals surface area contributed by atoms with Crippen molar-refractivity contribution in [2.75, 3.05) is 0 Å². The quantitative estimate of drug-likeness (QED) is 0.576. The van der Waals surface area contributed by atoms with E-state index in [0.29, 0.717) is 10.0 Å². The maximum atomic E-state index is 6.35. The Morgan fingerprint density at radius 1 is 0.895 bits per heavy atom. The van der Waals surface area contributed by atoms with Crippen LogP contribution in [-0.4, -0.2) is 4.33 Å². The zero-order chi connectivity index (χ0) is 14.0. The lowest BCUT2D eigenvalue weighted by Gasteiger charge is -2.28. The van der Waals surface area contributed by atoms with Crippen LogP contribution in [0.3, 0.4) is 0 Å². The Balaban J connectivity index is 2.55. The second kappa shape index (κ2) is 5.93. The molecule has 0 aromatic heterocycles. The molecule has 0 nitrogen and oxygen atoms in total. The van der Waals surface area contributed by atoms with Crippen LogP contribution in [0, 0.1) is 0 Å². The highest BCUT2D eigenvalue weighted by atomic mass is 35.5. The Kier molecular flexibility index (Phi) is 4.68. The largest absolute Gasteiger partial charge is 0.126 e. The molecule has 19 heavy (non-hydrogen) atoms. The average molecular weight is 334 g/mol. The van der Waals surface area contributed by atoms with Crippen LogP contribution in [0.5, 0.6) is 0 Å². The molecule has 0 saturated carbocycles. The maximum absolute atomic E-state index is 6.35. The molecule has 0 N–H and O–H groups in total. The van der Waals surface area contributed by atoms with Crippen molar-refractivity contribution in [3.8, 4) is 0 Å². The first kappa shape index (κ1) is 15.0. The summed E-state index contributed by atoms with van der Waals surface area (Å²) < 4.78 is -0.973. The highest BCUT2D eigenvalue weighted by Gasteiger charge is 2.33. The molecule has 1 atom stereocenters. The van der Waals surface area contributed by atoms with Crippen LogP contribution in [0.4, 0.5) is 0 Å². The van der Waals surface area contributed by atoms with Gasteiger partial charge in [0.15, 0.2) is 0 Å². The number of halogens is 4. The molecule has 0 heterocycles. The highest BCUT2D eigenvalue weighted by Crippen LogP contribution is 2.44. The van der Waals surface area contributed by atoms with E-state index in [1.165, 1.54) is 0 Å². The molecular formula is C15H12Cl4. The number of hydrogen-bond donors (Lipinski definition) is 0. The smallest absolute Gasteiger partial charge is 0.101 e. The van der Waals surface area contributed by atoms with Gasteiger partial charge in [0.25, 0.3) is 0 Å². The molecule has 0 amide bonds. The number of benzene rings is 2. The van der Waals surface area contributed by atoms with Crippen LogP contribution in [0.1, 0.15) is 24.0 Å². The topological polar surface area (TPSA) is 0 Å². The molecule has 0 radical (unpaired) electrons.